The number of aryl methyl sites for hydroxylation is 1. The normalized spacial score (nSPS) is 8.14. The maximum Gasteiger partial charge on any atom is 0.0372 e. The molecule has 0 saturated carbocycles. The Morgan fingerprint density at radius 1 is 0.955 bits per heavy atom. The summed E-state index contributed by atoms with van der Waals surface area (Å²) in [5.41, 5.74) is 2.27. The zero-order valence-electron chi connectivity index (χ0n) is 16.7. The van der Waals surface area contributed by atoms with Gasteiger partial charge in [-0.15, -0.1) is 12.3 Å². The molecule has 1 nitrogen and oxygen atoms in total. The molecule has 0 aromatic carbocycles. The first kappa shape index (κ1) is 38.1. The second kappa shape index (κ2) is 37.5. The number of pyridine rings is 1. The molecule has 0 spiro atoms. The van der Waals surface area contributed by atoms with Crippen molar-refractivity contribution in [2.24, 2.45) is 0 Å². The number of rotatable bonds is 3. The molecule has 128 valence electrons. The second-order valence-electron chi connectivity index (χ2n) is 3.07. The predicted molar refractivity (Wildman–Crippen MR) is 103 cm³/mol. The summed E-state index contributed by atoms with van der Waals surface area (Å²) in [6.45, 7) is 25.8. The maximum atomic E-state index is 4.22. The van der Waals surface area contributed by atoms with Gasteiger partial charge in [0.15, 0.2) is 0 Å². The van der Waals surface area contributed by atoms with Crippen molar-refractivity contribution in [3.05, 3.63) is 43.4 Å². The van der Waals surface area contributed by atoms with Gasteiger partial charge < -0.3 is 13.8 Å². The first-order chi connectivity index (χ1) is 9.74. The van der Waals surface area contributed by atoms with E-state index in [0.29, 0.717) is 5.92 Å². The fourth-order valence-electron chi connectivity index (χ4n) is 1.13. The Morgan fingerprint density at radius 2 is 1.36 bits per heavy atom. The Kier molecular flexibility index (Phi) is 64.9. The molecule has 1 aromatic heterocycles. The van der Waals surface area contributed by atoms with Gasteiger partial charge >= 0.3 is 0 Å². The average Bonchev–Trinajstić information content (AvgIpc) is 2.56. The molecule has 0 aliphatic carbocycles. The first-order valence-corrected chi connectivity index (χ1v) is 8.29. The van der Waals surface area contributed by atoms with E-state index in [1.165, 1.54) is 5.56 Å². The van der Waals surface area contributed by atoms with E-state index >= 15 is 0 Å². The van der Waals surface area contributed by atoms with Crippen LogP contribution in [0, 0.1) is 20.8 Å². The van der Waals surface area contributed by atoms with Gasteiger partial charge in [0.05, 0.1) is 0 Å². The van der Waals surface area contributed by atoms with Crippen molar-refractivity contribution >= 4 is 8.41 Å². The third-order valence-corrected chi connectivity index (χ3v) is 1.96. The van der Waals surface area contributed by atoms with Crippen LogP contribution < -0.4 is 0 Å². The van der Waals surface area contributed by atoms with Crippen LogP contribution in [0.1, 0.15) is 85.4 Å². The zero-order chi connectivity index (χ0) is 17.0. The zero-order valence-corrected chi connectivity index (χ0v) is 19.6. The summed E-state index contributed by atoms with van der Waals surface area (Å²) in [5, 5.41) is 0. The van der Waals surface area contributed by atoms with Crippen LogP contribution in [0.15, 0.2) is 18.3 Å². The van der Waals surface area contributed by atoms with E-state index in [1.54, 1.807) is 0 Å². The molecule has 22 heavy (non-hydrogen) atoms. The molecule has 3 heteroatoms. The molecule has 0 amide bonds. The number of nitrogens with zero attached hydrogens (tertiary/aromatic N) is 1. The molecule has 1 aromatic rings. The Balaban J connectivity index is -0.0000000560. The Morgan fingerprint density at radius 3 is 1.64 bits per heavy atom. The van der Waals surface area contributed by atoms with Gasteiger partial charge in [-0.25, -0.2) is 0 Å². The van der Waals surface area contributed by atoms with Crippen molar-refractivity contribution in [2.45, 2.75) is 81.1 Å². The minimum absolute atomic E-state index is 0. The summed E-state index contributed by atoms with van der Waals surface area (Å²) >= 11 is 0. The Labute approximate surface area is 169 Å². The first-order valence-electron chi connectivity index (χ1n) is 8.29. The van der Waals surface area contributed by atoms with Crippen molar-refractivity contribution < 1.29 is 32.7 Å². The van der Waals surface area contributed by atoms with Crippen LogP contribution in [0.25, 0.3) is 0 Å². The topological polar surface area (TPSA) is 12.9 Å². The van der Waals surface area contributed by atoms with Crippen LogP contribution in [0.4, 0.5) is 0 Å². The molecule has 1 unspecified atom stereocenters. The monoisotopic (exact) mass is 381 g/mol. The van der Waals surface area contributed by atoms with Crippen LogP contribution in [0.5, 0.6) is 0 Å². The van der Waals surface area contributed by atoms with Crippen LogP contribution in [-0.2, 0) is 32.7 Å². The van der Waals surface area contributed by atoms with Crippen LogP contribution in [0.3, 0.4) is 0 Å². The Hall–Kier alpha value is 0.319. The molecule has 1 rings (SSSR count). The van der Waals surface area contributed by atoms with Gasteiger partial charge in [-0.05, 0) is 13.0 Å². The number of hydrogen-bond donors (Lipinski definition) is 0. The van der Waals surface area contributed by atoms with Crippen LogP contribution in [-0.4, -0.2) is 13.4 Å². The summed E-state index contributed by atoms with van der Waals surface area (Å²) in [5.74, 6) is 0.343. The number of aromatic nitrogens is 1. The van der Waals surface area contributed by atoms with Gasteiger partial charge in [-0.3, -0.25) is 4.98 Å². The summed E-state index contributed by atoms with van der Waals surface area (Å²) in [6.07, 6.45) is 3.87. The molecule has 1 heterocycles. The molecule has 0 bridgehead atoms. The smallest absolute Gasteiger partial charge is 0.0372 e. The van der Waals surface area contributed by atoms with Crippen molar-refractivity contribution in [2.75, 3.05) is 0 Å². The van der Waals surface area contributed by atoms with E-state index in [0.717, 1.165) is 18.5 Å². The largest absolute Gasteiger partial charge is 0.343 e. The fourth-order valence-corrected chi connectivity index (χ4v) is 1.13. The number of hydrogen-bond acceptors (Lipinski definition) is 1. The molecule has 0 aliphatic rings. The van der Waals surface area contributed by atoms with Gasteiger partial charge in [0.1, 0.15) is 0 Å². The molecule has 0 saturated heterocycles. The predicted octanol–water partition coefficient (Wildman–Crippen LogP) is 6.64. The fraction of sp³-hybridized carbons (Fsp3) is 0.632. The van der Waals surface area contributed by atoms with Crippen molar-refractivity contribution in [3.63, 3.8) is 0 Å². The minimum atomic E-state index is 0. The third kappa shape index (κ3) is 25.3. The van der Waals surface area contributed by atoms with E-state index in [4.69, 9.17) is 0 Å². The maximum absolute atomic E-state index is 4.22. The Bertz CT molecular complexity index is 238. The molecule has 0 N–H and O–H groups in total. The van der Waals surface area contributed by atoms with E-state index < -0.39 is 0 Å². The molecule has 0 aliphatic heterocycles. The second-order valence-corrected chi connectivity index (χ2v) is 3.07. The van der Waals surface area contributed by atoms with Crippen molar-refractivity contribution in [3.8, 4) is 0 Å². The van der Waals surface area contributed by atoms with E-state index in [9.17, 15) is 0 Å². The third-order valence-electron chi connectivity index (χ3n) is 1.96. The van der Waals surface area contributed by atoms with Gasteiger partial charge in [0.25, 0.3) is 0 Å². The quantitative estimate of drug-likeness (QED) is 0.422. The molecule has 0 fully saturated rings. The van der Waals surface area contributed by atoms with E-state index in [2.05, 4.69) is 24.9 Å². The van der Waals surface area contributed by atoms with Crippen LogP contribution >= 0.6 is 0 Å². The van der Waals surface area contributed by atoms with E-state index in [1.807, 2.05) is 74.6 Å². The van der Waals surface area contributed by atoms with Crippen molar-refractivity contribution in [1.29, 1.82) is 0 Å². The van der Waals surface area contributed by atoms with Gasteiger partial charge in [0, 0.05) is 53.0 Å². The summed E-state index contributed by atoms with van der Waals surface area (Å²) in [7, 11) is 0. The van der Waals surface area contributed by atoms with Gasteiger partial charge in [-0.1, -0.05) is 67.0 Å². The summed E-state index contributed by atoms with van der Waals surface area (Å²) in [4.78, 5) is 4.22. The van der Waals surface area contributed by atoms with Crippen molar-refractivity contribution in [1.82, 2.24) is 4.98 Å². The molecule has 4 radical (unpaired) electrons. The average molecular weight is 381 g/mol. The van der Waals surface area contributed by atoms with Crippen LogP contribution in [0.2, 0.25) is 0 Å². The summed E-state index contributed by atoms with van der Waals surface area (Å²) in [6, 6.07) is 4.12. The molecule has 1 atom stereocenters. The summed E-state index contributed by atoms with van der Waals surface area (Å²) < 4.78 is 0. The minimum Gasteiger partial charge on any atom is -0.343 e. The molecular formula is C19H39BNY-2. The molecular weight excluding hydrogens is 342 g/mol. The standard InChI is InChI=1S/C11H15N.4C2H6.B.Y/c1-4-5-9(2)11-7-6-10(3)12-8-11;4*1-2;;/h6-9H,1-2,4-5H2,3H3;4*1-2H3;;/q-2;;;;;;. The van der Waals surface area contributed by atoms with E-state index in [-0.39, 0.29) is 41.1 Å². The SMILES string of the molecule is CC.CC.CC.CC.[B].[CH2-]CCC([CH2-])c1ccc(C)nc1.[Y]. The van der Waals surface area contributed by atoms with Gasteiger partial charge in [-0.2, -0.15) is 6.42 Å². The van der Waals surface area contributed by atoms with Gasteiger partial charge in [0.2, 0.25) is 0 Å².